The van der Waals surface area contributed by atoms with Crippen LogP contribution in [0.5, 0.6) is 0 Å². The molecular weight excluding hydrogens is 358 g/mol. The number of carboxylic acid groups (broad SMARTS) is 1. The highest BCUT2D eigenvalue weighted by atomic mass is 16.5. The molecule has 150 valence electrons. The molecule has 0 saturated carbocycles. The van der Waals surface area contributed by atoms with Crippen molar-refractivity contribution in [1.82, 2.24) is 14.7 Å². The summed E-state index contributed by atoms with van der Waals surface area (Å²) in [5.41, 5.74) is 4.21. The Bertz CT molecular complexity index is 851. The highest BCUT2D eigenvalue weighted by molar-refractivity contribution is 5.94. The van der Waals surface area contributed by atoms with Gasteiger partial charge in [0.15, 0.2) is 0 Å². The van der Waals surface area contributed by atoms with Crippen molar-refractivity contribution in [1.29, 1.82) is 0 Å². The van der Waals surface area contributed by atoms with E-state index in [1.165, 1.54) is 0 Å². The Morgan fingerprint density at radius 3 is 2.61 bits per heavy atom. The number of carbonyl (C=O) groups excluding carboxylic acids is 1. The van der Waals surface area contributed by atoms with E-state index in [4.69, 9.17) is 9.84 Å². The van der Waals surface area contributed by atoms with E-state index in [0.717, 1.165) is 42.3 Å². The molecule has 1 aliphatic rings. The third-order valence-electron chi connectivity index (χ3n) is 5.29. The minimum absolute atomic E-state index is 0.00559. The Labute approximate surface area is 164 Å². The van der Waals surface area contributed by atoms with Gasteiger partial charge in [-0.1, -0.05) is 0 Å². The number of hydrogen-bond acceptors (Lipinski definition) is 4. The predicted molar refractivity (Wildman–Crippen MR) is 105 cm³/mol. The van der Waals surface area contributed by atoms with Crippen molar-refractivity contribution in [2.24, 2.45) is 5.92 Å². The molecule has 0 radical (unpaired) electrons. The molecular formula is C21H27N3O4. The molecule has 1 unspecified atom stereocenters. The van der Waals surface area contributed by atoms with Crippen LogP contribution in [0.3, 0.4) is 0 Å². The van der Waals surface area contributed by atoms with Crippen LogP contribution in [0, 0.1) is 19.8 Å². The van der Waals surface area contributed by atoms with Gasteiger partial charge in [-0.3, -0.25) is 9.59 Å². The fraction of sp³-hybridized carbons (Fsp3) is 0.476. The highest BCUT2D eigenvalue weighted by Gasteiger charge is 2.21. The molecule has 0 bridgehead atoms. The molecule has 1 saturated heterocycles. The number of hydrogen-bond donors (Lipinski definition) is 1. The average Bonchev–Trinajstić information content (AvgIpc) is 3.27. The van der Waals surface area contributed by atoms with Gasteiger partial charge in [0, 0.05) is 43.8 Å². The van der Waals surface area contributed by atoms with Gasteiger partial charge in [0.05, 0.1) is 18.0 Å². The lowest BCUT2D eigenvalue weighted by Crippen LogP contribution is -2.32. The normalized spacial score (nSPS) is 16.3. The number of carbonyl (C=O) groups is 2. The lowest BCUT2D eigenvalue weighted by molar-refractivity contribution is -0.136. The summed E-state index contributed by atoms with van der Waals surface area (Å²) in [7, 11) is 1.82. The third-order valence-corrected chi connectivity index (χ3v) is 5.29. The number of ether oxygens (including phenoxy) is 1. The van der Waals surface area contributed by atoms with Crippen LogP contribution in [-0.4, -0.2) is 58.5 Å². The van der Waals surface area contributed by atoms with Crippen LogP contribution in [0.15, 0.2) is 24.3 Å². The Hall–Kier alpha value is -2.67. The van der Waals surface area contributed by atoms with Crippen molar-refractivity contribution >= 4 is 11.9 Å². The Morgan fingerprint density at radius 2 is 2.00 bits per heavy atom. The van der Waals surface area contributed by atoms with E-state index >= 15 is 0 Å². The quantitative estimate of drug-likeness (QED) is 0.792. The molecule has 1 N–H and O–H groups in total. The smallest absolute Gasteiger partial charge is 0.303 e. The second kappa shape index (κ2) is 8.56. The highest BCUT2D eigenvalue weighted by Crippen LogP contribution is 2.20. The SMILES string of the molecule is Cc1nn(-c2ccc(C(=O)N(C)CC3CCOC3)cc2)c(C)c1CCC(=O)O. The van der Waals surface area contributed by atoms with Crippen molar-refractivity contribution in [3.05, 3.63) is 46.8 Å². The molecule has 1 amide bonds. The molecule has 3 rings (SSSR count). The molecule has 1 fully saturated rings. The zero-order chi connectivity index (χ0) is 20.3. The number of benzene rings is 1. The maximum atomic E-state index is 12.7. The Balaban J connectivity index is 1.72. The molecule has 28 heavy (non-hydrogen) atoms. The monoisotopic (exact) mass is 385 g/mol. The fourth-order valence-electron chi connectivity index (χ4n) is 3.68. The van der Waals surface area contributed by atoms with Gasteiger partial charge in [-0.2, -0.15) is 5.10 Å². The van der Waals surface area contributed by atoms with Crippen LogP contribution in [0.1, 0.15) is 40.2 Å². The van der Waals surface area contributed by atoms with Gasteiger partial charge in [0.2, 0.25) is 0 Å². The van der Waals surface area contributed by atoms with Crippen LogP contribution in [0.25, 0.3) is 5.69 Å². The summed E-state index contributed by atoms with van der Waals surface area (Å²) < 4.78 is 7.19. The van der Waals surface area contributed by atoms with E-state index in [0.29, 0.717) is 24.4 Å². The Kier molecular flexibility index (Phi) is 6.14. The number of aromatic nitrogens is 2. The van der Waals surface area contributed by atoms with Crippen LogP contribution in [0.2, 0.25) is 0 Å². The van der Waals surface area contributed by atoms with Gasteiger partial charge in [0.1, 0.15) is 0 Å². The maximum absolute atomic E-state index is 12.7. The summed E-state index contributed by atoms with van der Waals surface area (Å²) in [5, 5.41) is 13.5. The lowest BCUT2D eigenvalue weighted by atomic mass is 10.1. The van der Waals surface area contributed by atoms with E-state index in [2.05, 4.69) is 5.10 Å². The second-order valence-corrected chi connectivity index (χ2v) is 7.42. The van der Waals surface area contributed by atoms with E-state index in [1.807, 2.05) is 45.2 Å². The van der Waals surface area contributed by atoms with Crippen LogP contribution >= 0.6 is 0 Å². The zero-order valence-corrected chi connectivity index (χ0v) is 16.6. The molecule has 2 aromatic rings. The fourth-order valence-corrected chi connectivity index (χ4v) is 3.68. The summed E-state index contributed by atoms with van der Waals surface area (Å²) in [4.78, 5) is 25.3. The number of aryl methyl sites for hydroxylation is 1. The van der Waals surface area contributed by atoms with E-state index in [1.54, 1.807) is 9.58 Å². The topological polar surface area (TPSA) is 84.7 Å². The predicted octanol–water partition coefficient (Wildman–Crippen LogP) is 2.61. The van der Waals surface area contributed by atoms with Gasteiger partial charge < -0.3 is 14.7 Å². The van der Waals surface area contributed by atoms with E-state index < -0.39 is 5.97 Å². The van der Waals surface area contributed by atoms with Crippen LogP contribution in [-0.2, 0) is 16.0 Å². The summed E-state index contributed by atoms with van der Waals surface area (Å²) in [6.45, 7) is 6.02. The summed E-state index contributed by atoms with van der Waals surface area (Å²) in [6.07, 6.45) is 1.54. The van der Waals surface area contributed by atoms with Crippen molar-refractivity contribution in [2.75, 3.05) is 26.8 Å². The first kappa shape index (κ1) is 20.1. The molecule has 7 nitrogen and oxygen atoms in total. The van der Waals surface area contributed by atoms with E-state index in [9.17, 15) is 9.59 Å². The molecule has 1 aromatic heterocycles. The van der Waals surface area contributed by atoms with Gasteiger partial charge >= 0.3 is 5.97 Å². The van der Waals surface area contributed by atoms with Gasteiger partial charge in [-0.15, -0.1) is 0 Å². The summed E-state index contributed by atoms with van der Waals surface area (Å²) in [6, 6.07) is 7.37. The standard InChI is InChI=1S/C21H27N3O4/c1-14-19(8-9-20(25)26)15(2)24(22-14)18-6-4-17(5-7-18)21(27)23(3)12-16-10-11-28-13-16/h4-7,16H,8-13H2,1-3H3,(H,25,26). The number of nitrogens with zero attached hydrogens (tertiary/aromatic N) is 3. The number of amides is 1. The molecule has 1 aromatic carbocycles. The first-order valence-corrected chi connectivity index (χ1v) is 9.57. The number of rotatable bonds is 7. The number of aliphatic carboxylic acids is 1. The van der Waals surface area contributed by atoms with Crippen molar-refractivity contribution in [3.8, 4) is 5.69 Å². The van der Waals surface area contributed by atoms with Gasteiger partial charge in [0.25, 0.3) is 5.91 Å². The molecule has 1 aliphatic heterocycles. The molecule has 2 heterocycles. The molecule has 0 spiro atoms. The van der Waals surface area contributed by atoms with Gasteiger partial charge in [-0.05, 0) is 56.5 Å². The summed E-state index contributed by atoms with van der Waals surface area (Å²) >= 11 is 0. The second-order valence-electron chi connectivity index (χ2n) is 7.42. The minimum Gasteiger partial charge on any atom is -0.481 e. The largest absolute Gasteiger partial charge is 0.481 e. The first-order valence-electron chi connectivity index (χ1n) is 9.57. The summed E-state index contributed by atoms with van der Waals surface area (Å²) in [5.74, 6) is -0.413. The Morgan fingerprint density at radius 1 is 1.29 bits per heavy atom. The number of carboxylic acids is 1. The third kappa shape index (κ3) is 4.42. The van der Waals surface area contributed by atoms with E-state index in [-0.39, 0.29) is 12.3 Å². The molecule has 0 aliphatic carbocycles. The molecule has 1 atom stereocenters. The van der Waals surface area contributed by atoms with Crippen molar-refractivity contribution in [3.63, 3.8) is 0 Å². The average molecular weight is 385 g/mol. The van der Waals surface area contributed by atoms with Crippen LogP contribution in [0.4, 0.5) is 0 Å². The van der Waals surface area contributed by atoms with Gasteiger partial charge in [-0.25, -0.2) is 4.68 Å². The maximum Gasteiger partial charge on any atom is 0.303 e. The lowest BCUT2D eigenvalue weighted by Gasteiger charge is -2.20. The van der Waals surface area contributed by atoms with Crippen molar-refractivity contribution < 1.29 is 19.4 Å². The minimum atomic E-state index is -0.817. The first-order chi connectivity index (χ1) is 13.4. The van der Waals surface area contributed by atoms with Crippen molar-refractivity contribution in [2.45, 2.75) is 33.1 Å². The zero-order valence-electron chi connectivity index (χ0n) is 16.6. The molecule has 7 heteroatoms. The van der Waals surface area contributed by atoms with Crippen LogP contribution < -0.4 is 0 Å².